The lowest BCUT2D eigenvalue weighted by atomic mass is 9.97. The van der Waals surface area contributed by atoms with E-state index in [1.807, 2.05) is 82.4 Å². The minimum atomic E-state index is -2.38. The zero-order chi connectivity index (χ0) is 31.8. The van der Waals surface area contributed by atoms with E-state index in [9.17, 15) is 14.7 Å². The van der Waals surface area contributed by atoms with Crippen molar-refractivity contribution in [3.8, 4) is 28.5 Å². The fourth-order valence-corrected chi connectivity index (χ4v) is 5.59. The Labute approximate surface area is 258 Å². The molecular weight excluding hydrogens is 558 g/mol. The second kappa shape index (κ2) is 14.8. The number of aromatic hydroxyl groups is 1. The predicted octanol–water partition coefficient (Wildman–Crippen LogP) is 7.24. The molecule has 1 amide bonds. The Morgan fingerprint density at radius 3 is 2.37 bits per heavy atom. The highest BCUT2D eigenvalue weighted by atomic mass is 28.4. The third-order valence-electron chi connectivity index (χ3n) is 8.33. The van der Waals surface area contributed by atoms with Gasteiger partial charge >= 0.3 is 0 Å². The first-order chi connectivity index (χ1) is 20.3. The normalized spacial score (nSPS) is 12.0. The van der Waals surface area contributed by atoms with Crippen molar-refractivity contribution in [1.29, 1.82) is 0 Å². The van der Waals surface area contributed by atoms with Crippen LogP contribution in [0.1, 0.15) is 82.2 Å². The summed E-state index contributed by atoms with van der Waals surface area (Å²) in [5.41, 5.74) is 2.99. The smallest absolute Gasteiger partial charge is 0.276 e. The van der Waals surface area contributed by atoms with E-state index in [4.69, 9.17) is 14.5 Å². The first-order valence-electron chi connectivity index (χ1n) is 15.3. The molecule has 0 aliphatic carbocycles. The van der Waals surface area contributed by atoms with E-state index >= 15 is 0 Å². The molecule has 0 atom stereocenters. The summed E-state index contributed by atoms with van der Waals surface area (Å²) in [6.45, 7) is 14.9. The lowest BCUT2D eigenvalue weighted by Gasteiger charge is -2.36. The molecule has 0 spiro atoms. The fraction of sp³-hybridized carbons (Fsp3) is 0.500. The Morgan fingerprint density at radius 1 is 1.07 bits per heavy atom. The van der Waals surface area contributed by atoms with E-state index in [1.54, 1.807) is 12.0 Å². The number of carbonyl (C=O) groups excluding carboxylic acids is 1. The third kappa shape index (κ3) is 8.80. The second-order valence-corrected chi connectivity index (χ2v) is 17.0. The van der Waals surface area contributed by atoms with E-state index in [1.165, 1.54) is 0 Å². The van der Waals surface area contributed by atoms with E-state index in [2.05, 4.69) is 18.8 Å². The summed E-state index contributed by atoms with van der Waals surface area (Å²) in [7, 11) is -0.758. The standard InChI is InChI=1S/C34H49N3O5Si/c1-9-10-21-42-31-30(33(39)37(24(2)3)20-14-19-34(4,5)43(7,8)40)35-29(36-32(31)38)23-26-22-27(41-6)17-18-28(26)25-15-12-11-13-16-25/h11-13,15-18,22,24,40H,9-10,14,19-21,23H2,1-8H3,(H,35,36,38). The van der Waals surface area contributed by atoms with Crippen LogP contribution in [0, 0.1) is 0 Å². The predicted molar refractivity (Wildman–Crippen MR) is 174 cm³/mol. The number of unbranched alkanes of at least 4 members (excludes halogenated alkanes) is 1. The number of amides is 1. The van der Waals surface area contributed by atoms with Crippen molar-refractivity contribution in [2.24, 2.45) is 0 Å². The summed E-state index contributed by atoms with van der Waals surface area (Å²) >= 11 is 0. The molecule has 0 aliphatic rings. The molecule has 0 aliphatic heterocycles. The molecule has 0 bridgehead atoms. The Bertz CT molecular complexity index is 1360. The number of benzene rings is 2. The van der Waals surface area contributed by atoms with Gasteiger partial charge in [-0.2, -0.15) is 4.98 Å². The van der Waals surface area contributed by atoms with Crippen molar-refractivity contribution in [3.05, 3.63) is 65.6 Å². The van der Waals surface area contributed by atoms with Gasteiger partial charge in [-0.05, 0) is 80.1 Å². The minimum absolute atomic E-state index is 0.0194. The Morgan fingerprint density at radius 2 is 1.77 bits per heavy atom. The van der Waals surface area contributed by atoms with Gasteiger partial charge in [0.2, 0.25) is 5.75 Å². The van der Waals surface area contributed by atoms with Gasteiger partial charge < -0.3 is 24.3 Å². The van der Waals surface area contributed by atoms with E-state index in [-0.39, 0.29) is 40.7 Å². The largest absolute Gasteiger partial charge is 0.497 e. The SMILES string of the molecule is CCCCOc1c(O)nc(Cc2cc(OC)ccc2-c2ccccc2)nc1C(=O)N(CCCC(C)(C)[Si](C)(C)O)C(C)C. The summed E-state index contributed by atoms with van der Waals surface area (Å²) in [5.74, 6) is 0.370. The molecule has 0 unspecified atom stereocenters. The number of aromatic nitrogens is 2. The first-order valence-corrected chi connectivity index (χ1v) is 18.2. The molecule has 1 heterocycles. The van der Waals surface area contributed by atoms with Gasteiger partial charge in [0.25, 0.3) is 11.8 Å². The number of carbonyl (C=O) groups is 1. The lowest BCUT2D eigenvalue weighted by molar-refractivity contribution is 0.0687. The highest BCUT2D eigenvalue weighted by Gasteiger charge is 2.38. The number of hydrogen-bond donors (Lipinski definition) is 2. The van der Waals surface area contributed by atoms with Gasteiger partial charge in [-0.15, -0.1) is 0 Å². The van der Waals surface area contributed by atoms with E-state index in [0.29, 0.717) is 24.7 Å². The average Bonchev–Trinajstić information content (AvgIpc) is 2.95. The van der Waals surface area contributed by atoms with Crippen LogP contribution in [0.25, 0.3) is 11.1 Å². The molecule has 2 aromatic carbocycles. The van der Waals surface area contributed by atoms with Crippen LogP contribution in [0.3, 0.4) is 0 Å². The van der Waals surface area contributed by atoms with Crippen LogP contribution in [-0.2, 0) is 6.42 Å². The molecule has 3 rings (SSSR count). The highest BCUT2D eigenvalue weighted by molar-refractivity contribution is 6.72. The van der Waals surface area contributed by atoms with Crippen LogP contribution in [0.15, 0.2) is 48.5 Å². The first kappa shape index (κ1) is 34.1. The maximum Gasteiger partial charge on any atom is 0.276 e. The highest BCUT2D eigenvalue weighted by Crippen LogP contribution is 2.40. The molecule has 234 valence electrons. The van der Waals surface area contributed by atoms with Gasteiger partial charge in [-0.25, -0.2) is 4.98 Å². The molecule has 3 aromatic rings. The van der Waals surface area contributed by atoms with Crippen molar-refractivity contribution < 1.29 is 24.2 Å². The van der Waals surface area contributed by atoms with Crippen molar-refractivity contribution >= 4 is 14.2 Å². The van der Waals surface area contributed by atoms with Crippen LogP contribution in [0.2, 0.25) is 18.1 Å². The molecule has 2 N–H and O–H groups in total. The Kier molecular flexibility index (Phi) is 11.8. The van der Waals surface area contributed by atoms with Gasteiger partial charge in [0.05, 0.1) is 13.7 Å². The topological polar surface area (TPSA) is 105 Å². The molecule has 8 nitrogen and oxygen atoms in total. The second-order valence-electron chi connectivity index (χ2n) is 12.5. The van der Waals surface area contributed by atoms with Crippen LogP contribution in [0.5, 0.6) is 17.4 Å². The third-order valence-corrected chi connectivity index (χ3v) is 11.9. The zero-order valence-corrected chi connectivity index (χ0v) is 28.1. The van der Waals surface area contributed by atoms with Gasteiger partial charge in [-0.3, -0.25) is 4.79 Å². The number of ether oxygens (including phenoxy) is 2. The van der Waals surface area contributed by atoms with Crippen LogP contribution >= 0.6 is 0 Å². The molecule has 0 saturated carbocycles. The molecule has 0 fully saturated rings. The van der Waals surface area contributed by atoms with E-state index < -0.39 is 8.32 Å². The van der Waals surface area contributed by atoms with E-state index in [0.717, 1.165) is 42.4 Å². The fourth-order valence-electron chi connectivity index (χ4n) is 4.80. The maximum atomic E-state index is 14.1. The van der Waals surface area contributed by atoms with Crippen LogP contribution in [-0.4, -0.2) is 65.3 Å². The Hall–Kier alpha value is -3.43. The quantitative estimate of drug-likeness (QED) is 0.139. The van der Waals surface area contributed by atoms with Crippen molar-refractivity contribution in [2.75, 3.05) is 20.3 Å². The molecule has 0 radical (unpaired) electrons. The van der Waals surface area contributed by atoms with Crippen LogP contribution in [0.4, 0.5) is 0 Å². The Balaban J connectivity index is 2.01. The van der Waals surface area contributed by atoms with Crippen LogP contribution < -0.4 is 9.47 Å². The van der Waals surface area contributed by atoms with Gasteiger partial charge in [0.15, 0.2) is 14.0 Å². The lowest BCUT2D eigenvalue weighted by Crippen LogP contribution is -2.41. The molecular formula is C34H49N3O5Si. The van der Waals surface area contributed by atoms with Gasteiger partial charge in [0, 0.05) is 19.0 Å². The number of hydrogen-bond acceptors (Lipinski definition) is 7. The molecule has 0 saturated heterocycles. The molecule has 9 heteroatoms. The van der Waals surface area contributed by atoms with Crippen molar-refractivity contribution in [3.63, 3.8) is 0 Å². The summed E-state index contributed by atoms with van der Waals surface area (Å²) < 4.78 is 11.4. The molecule has 1 aromatic heterocycles. The maximum absolute atomic E-state index is 14.1. The number of rotatable bonds is 15. The monoisotopic (exact) mass is 607 g/mol. The number of nitrogens with zero attached hydrogens (tertiary/aromatic N) is 3. The summed E-state index contributed by atoms with van der Waals surface area (Å²) in [6.07, 6.45) is 3.46. The zero-order valence-electron chi connectivity index (χ0n) is 27.1. The summed E-state index contributed by atoms with van der Waals surface area (Å²) in [5, 5.41) is 10.9. The number of methoxy groups -OCH3 is 1. The molecule has 43 heavy (non-hydrogen) atoms. The minimum Gasteiger partial charge on any atom is -0.497 e. The van der Waals surface area contributed by atoms with Crippen molar-refractivity contribution in [1.82, 2.24) is 14.9 Å². The van der Waals surface area contributed by atoms with Gasteiger partial charge in [0.1, 0.15) is 11.6 Å². The van der Waals surface area contributed by atoms with Crippen molar-refractivity contribution in [2.45, 2.75) is 90.9 Å². The summed E-state index contributed by atoms with van der Waals surface area (Å²) in [4.78, 5) is 35.8. The summed E-state index contributed by atoms with van der Waals surface area (Å²) in [6, 6.07) is 15.7. The van der Waals surface area contributed by atoms with Gasteiger partial charge in [-0.1, -0.05) is 63.6 Å². The average molecular weight is 608 g/mol.